The van der Waals surface area contributed by atoms with Gasteiger partial charge in [-0.3, -0.25) is 15.1 Å². The number of hydrogen-bond donors (Lipinski definition) is 2. The fraction of sp³-hybridized carbons (Fsp3) is 0.429. The minimum Gasteiger partial charge on any atom is -0.338 e. The summed E-state index contributed by atoms with van der Waals surface area (Å²) in [4.78, 5) is 16.2. The lowest BCUT2D eigenvalue weighted by molar-refractivity contribution is -0.139. The molecule has 0 radical (unpaired) electrons. The van der Waals surface area contributed by atoms with Crippen molar-refractivity contribution in [1.82, 2.24) is 10.6 Å². The predicted molar refractivity (Wildman–Crippen MR) is 72.7 cm³/mol. The molecule has 4 nitrogen and oxygen atoms in total. The summed E-state index contributed by atoms with van der Waals surface area (Å²) in [6, 6.07) is 5.05. The van der Waals surface area contributed by atoms with Crippen LogP contribution in [0.25, 0.3) is 0 Å². The first-order valence-electron chi connectivity index (χ1n) is 6.60. The molecule has 7 heteroatoms. The highest BCUT2D eigenvalue weighted by atomic mass is 19.4. The van der Waals surface area contributed by atoms with Crippen LogP contribution in [0, 0.1) is 0 Å². The van der Waals surface area contributed by atoms with E-state index < -0.39 is 23.2 Å². The molecule has 2 N–H and O–H groups in total. The molecule has 1 fully saturated rings. The van der Waals surface area contributed by atoms with E-state index in [0.29, 0.717) is 6.54 Å². The zero-order chi connectivity index (χ0) is 15.7. The monoisotopic (exact) mass is 299 g/mol. The lowest BCUT2D eigenvalue weighted by Crippen LogP contribution is -2.42. The van der Waals surface area contributed by atoms with Gasteiger partial charge in [-0.15, -0.1) is 0 Å². The maximum atomic E-state index is 13.1. The summed E-state index contributed by atoms with van der Waals surface area (Å²) in [5, 5.41) is 5.26. The summed E-state index contributed by atoms with van der Waals surface area (Å²) in [6.07, 6.45) is -3.75. The molecule has 0 saturated carbocycles. The van der Waals surface area contributed by atoms with E-state index in [2.05, 4.69) is 15.6 Å². The Balaban J connectivity index is 2.44. The second-order valence-corrected chi connectivity index (χ2v) is 4.98. The van der Waals surface area contributed by atoms with Crippen molar-refractivity contribution in [3.8, 4) is 0 Å². The molecule has 1 heterocycles. The molecule has 21 heavy (non-hydrogen) atoms. The number of aliphatic imine (C=N–C) groups is 1. The van der Waals surface area contributed by atoms with E-state index in [4.69, 9.17) is 0 Å². The number of amides is 1. The number of alkyl halides is 3. The van der Waals surface area contributed by atoms with E-state index in [9.17, 15) is 18.0 Å². The van der Waals surface area contributed by atoms with Crippen LogP contribution in [-0.4, -0.2) is 18.4 Å². The van der Waals surface area contributed by atoms with Crippen molar-refractivity contribution in [2.45, 2.75) is 32.0 Å². The average Bonchev–Trinajstić information content (AvgIpc) is 2.72. The van der Waals surface area contributed by atoms with Gasteiger partial charge in [-0.05, 0) is 25.0 Å². The Morgan fingerprint density at radius 2 is 1.95 bits per heavy atom. The van der Waals surface area contributed by atoms with E-state index in [1.807, 2.05) is 6.92 Å². The van der Waals surface area contributed by atoms with Crippen molar-refractivity contribution in [2.24, 2.45) is 4.99 Å². The number of rotatable bonds is 3. The van der Waals surface area contributed by atoms with Gasteiger partial charge in [0, 0.05) is 6.54 Å². The predicted octanol–water partition coefficient (Wildman–Crippen LogP) is 2.41. The zero-order valence-corrected chi connectivity index (χ0v) is 11.7. The molecular weight excluding hydrogens is 283 g/mol. The number of carbonyl (C=O) groups is 1. The molecule has 1 aromatic carbocycles. The molecule has 1 atom stereocenters. The molecule has 0 bridgehead atoms. The Hall–Kier alpha value is -2.05. The van der Waals surface area contributed by atoms with E-state index in [0.717, 1.165) is 12.5 Å². The van der Waals surface area contributed by atoms with Crippen molar-refractivity contribution in [1.29, 1.82) is 0 Å². The van der Waals surface area contributed by atoms with Gasteiger partial charge < -0.3 is 5.32 Å². The van der Waals surface area contributed by atoms with Gasteiger partial charge in [0.15, 0.2) is 5.96 Å². The quantitative estimate of drug-likeness (QED) is 0.900. The molecular formula is C14H16F3N3O. The first kappa shape index (κ1) is 15.3. The minimum atomic E-state index is -4.52. The molecule has 1 aliphatic heterocycles. The van der Waals surface area contributed by atoms with Crippen LogP contribution in [0.1, 0.15) is 31.4 Å². The summed E-state index contributed by atoms with van der Waals surface area (Å²) in [5.41, 5.74) is -2.43. The van der Waals surface area contributed by atoms with Crippen LogP contribution in [0.2, 0.25) is 0 Å². The Kier molecular flexibility index (Phi) is 3.93. The fourth-order valence-corrected chi connectivity index (χ4v) is 2.22. The van der Waals surface area contributed by atoms with Crippen molar-refractivity contribution >= 4 is 11.9 Å². The Labute approximate surface area is 120 Å². The number of carbonyl (C=O) groups excluding carboxylic acids is 1. The second-order valence-electron chi connectivity index (χ2n) is 4.98. The molecule has 1 aromatic rings. The topological polar surface area (TPSA) is 53.5 Å². The summed E-state index contributed by atoms with van der Waals surface area (Å²) in [5.74, 6) is -0.338. The lowest BCUT2D eigenvalue weighted by Gasteiger charge is -2.25. The molecule has 2 rings (SSSR count). The van der Waals surface area contributed by atoms with E-state index in [-0.39, 0.29) is 11.5 Å². The van der Waals surface area contributed by atoms with E-state index in [1.165, 1.54) is 25.1 Å². The van der Waals surface area contributed by atoms with E-state index in [1.54, 1.807) is 0 Å². The molecule has 114 valence electrons. The normalized spacial score (nSPS) is 24.0. The van der Waals surface area contributed by atoms with Gasteiger partial charge in [-0.1, -0.05) is 25.1 Å². The fourth-order valence-electron chi connectivity index (χ4n) is 2.22. The third-order valence-corrected chi connectivity index (χ3v) is 3.32. The number of nitrogens with zero attached hydrogens (tertiary/aromatic N) is 1. The van der Waals surface area contributed by atoms with Crippen LogP contribution in [-0.2, 0) is 16.5 Å². The van der Waals surface area contributed by atoms with Gasteiger partial charge in [0.2, 0.25) is 0 Å². The zero-order valence-electron chi connectivity index (χ0n) is 11.7. The number of hydrogen-bond acceptors (Lipinski definition) is 2. The standard InChI is InChI=1S/C14H16F3N3O/c1-3-8-18-12-19-11(21)13(2,20-12)9-6-4-5-7-10(9)14(15,16)17/h4-7H,3,8H2,1-2H3,(H2,18,19,20,21). The molecule has 1 saturated heterocycles. The van der Waals surface area contributed by atoms with E-state index >= 15 is 0 Å². The molecule has 1 aliphatic rings. The van der Waals surface area contributed by atoms with Gasteiger partial charge >= 0.3 is 6.18 Å². The molecule has 1 amide bonds. The lowest BCUT2D eigenvalue weighted by atomic mass is 9.88. The third kappa shape index (κ3) is 2.86. The Morgan fingerprint density at radius 1 is 1.29 bits per heavy atom. The molecule has 1 unspecified atom stereocenters. The number of nitrogens with one attached hydrogen (secondary N) is 2. The second kappa shape index (κ2) is 5.38. The van der Waals surface area contributed by atoms with Crippen LogP contribution < -0.4 is 10.6 Å². The van der Waals surface area contributed by atoms with Crippen molar-refractivity contribution < 1.29 is 18.0 Å². The largest absolute Gasteiger partial charge is 0.416 e. The Morgan fingerprint density at radius 3 is 2.57 bits per heavy atom. The first-order chi connectivity index (χ1) is 9.79. The third-order valence-electron chi connectivity index (χ3n) is 3.32. The average molecular weight is 299 g/mol. The number of halogens is 3. The summed E-state index contributed by atoms with van der Waals surface area (Å²) < 4.78 is 39.3. The van der Waals surface area contributed by atoms with Crippen LogP contribution in [0.5, 0.6) is 0 Å². The van der Waals surface area contributed by atoms with Gasteiger partial charge in [-0.25, -0.2) is 0 Å². The van der Waals surface area contributed by atoms with Crippen LogP contribution in [0.3, 0.4) is 0 Å². The highest BCUT2D eigenvalue weighted by Gasteiger charge is 2.47. The highest BCUT2D eigenvalue weighted by Crippen LogP contribution is 2.37. The maximum absolute atomic E-state index is 13.1. The minimum absolute atomic E-state index is 0.114. The SMILES string of the molecule is CCCN=C1NC(=O)C(C)(c2ccccc2C(F)(F)F)N1. The summed E-state index contributed by atoms with van der Waals surface area (Å²) >= 11 is 0. The van der Waals surface area contributed by atoms with Gasteiger partial charge in [0.1, 0.15) is 5.54 Å². The van der Waals surface area contributed by atoms with Crippen molar-refractivity contribution in [3.05, 3.63) is 35.4 Å². The molecule has 0 spiro atoms. The van der Waals surface area contributed by atoms with Crippen LogP contribution in [0.15, 0.2) is 29.3 Å². The number of benzene rings is 1. The van der Waals surface area contributed by atoms with Gasteiger partial charge in [0.25, 0.3) is 5.91 Å². The number of guanidine groups is 1. The summed E-state index contributed by atoms with van der Waals surface area (Å²) in [6.45, 7) is 3.82. The summed E-state index contributed by atoms with van der Waals surface area (Å²) in [7, 11) is 0. The van der Waals surface area contributed by atoms with Crippen molar-refractivity contribution in [3.63, 3.8) is 0 Å². The first-order valence-corrected chi connectivity index (χ1v) is 6.60. The van der Waals surface area contributed by atoms with Crippen molar-refractivity contribution in [2.75, 3.05) is 6.54 Å². The maximum Gasteiger partial charge on any atom is 0.416 e. The van der Waals surface area contributed by atoms with Crippen LogP contribution >= 0.6 is 0 Å². The van der Waals surface area contributed by atoms with Gasteiger partial charge in [-0.2, -0.15) is 13.2 Å². The Bertz CT molecular complexity index is 583. The van der Waals surface area contributed by atoms with Gasteiger partial charge in [0.05, 0.1) is 5.56 Å². The smallest absolute Gasteiger partial charge is 0.338 e. The molecule has 0 aliphatic carbocycles. The van der Waals surface area contributed by atoms with Crippen LogP contribution in [0.4, 0.5) is 13.2 Å². The molecule has 0 aromatic heterocycles. The highest BCUT2D eigenvalue weighted by molar-refractivity contribution is 6.09.